The van der Waals surface area contributed by atoms with Gasteiger partial charge in [-0.25, -0.2) is 0 Å². The van der Waals surface area contributed by atoms with Crippen molar-refractivity contribution in [2.75, 3.05) is 13.1 Å². The standard InChI is InChI=1S/C16H32N2O/c1-5-6-9-14(17)15(19)18-11-7-8-13(10-12-18)16(2,3)4/h13-14H,5-12,17H2,1-4H3/t13?,14-/m0/s1. The van der Waals surface area contributed by atoms with Gasteiger partial charge in [-0.1, -0.05) is 40.5 Å². The van der Waals surface area contributed by atoms with Crippen LogP contribution in [0.4, 0.5) is 0 Å². The minimum atomic E-state index is -0.286. The maximum Gasteiger partial charge on any atom is 0.239 e. The van der Waals surface area contributed by atoms with Crippen molar-refractivity contribution in [3.63, 3.8) is 0 Å². The molecule has 1 aliphatic rings. The summed E-state index contributed by atoms with van der Waals surface area (Å²) in [7, 11) is 0. The third kappa shape index (κ3) is 5.13. The molecule has 1 unspecified atom stereocenters. The molecule has 0 aromatic carbocycles. The normalized spacial score (nSPS) is 23.0. The second kappa shape index (κ2) is 7.28. The first-order chi connectivity index (χ1) is 8.86. The molecule has 1 aliphatic heterocycles. The highest BCUT2D eigenvalue weighted by Gasteiger charge is 2.29. The van der Waals surface area contributed by atoms with Crippen molar-refractivity contribution in [2.24, 2.45) is 17.1 Å². The number of carbonyl (C=O) groups is 1. The van der Waals surface area contributed by atoms with Gasteiger partial charge in [0.05, 0.1) is 6.04 Å². The Morgan fingerprint density at radius 2 is 2.00 bits per heavy atom. The number of rotatable bonds is 4. The minimum Gasteiger partial charge on any atom is -0.341 e. The van der Waals surface area contributed by atoms with Crippen molar-refractivity contribution in [1.29, 1.82) is 0 Å². The number of hydrogen-bond donors (Lipinski definition) is 1. The Kier molecular flexibility index (Phi) is 6.31. The molecule has 1 rings (SSSR count). The predicted octanol–water partition coefficient (Wildman–Crippen LogP) is 3.18. The summed E-state index contributed by atoms with van der Waals surface area (Å²) in [5.74, 6) is 0.889. The van der Waals surface area contributed by atoms with Gasteiger partial charge in [-0.15, -0.1) is 0 Å². The first kappa shape index (κ1) is 16.5. The van der Waals surface area contributed by atoms with Crippen molar-refractivity contribution >= 4 is 5.91 Å². The van der Waals surface area contributed by atoms with E-state index in [1.165, 1.54) is 6.42 Å². The van der Waals surface area contributed by atoms with Crippen molar-refractivity contribution in [3.05, 3.63) is 0 Å². The van der Waals surface area contributed by atoms with Crippen LogP contribution in [0, 0.1) is 11.3 Å². The van der Waals surface area contributed by atoms with Gasteiger partial charge in [-0.05, 0) is 37.0 Å². The SMILES string of the molecule is CCCC[C@H](N)C(=O)N1CCCC(C(C)(C)C)CC1. The van der Waals surface area contributed by atoms with Crippen molar-refractivity contribution in [3.8, 4) is 0 Å². The Bertz CT molecular complexity index is 283. The fourth-order valence-electron chi connectivity index (χ4n) is 2.96. The molecule has 2 N–H and O–H groups in total. The third-order valence-corrected chi connectivity index (χ3v) is 4.45. The van der Waals surface area contributed by atoms with Crippen molar-refractivity contribution in [2.45, 2.75) is 72.3 Å². The van der Waals surface area contributed by atoms with Gasteiger partial charge in [0.2, 0.25) is 5.91 Å². The molecular formula is C16H32N2O. The van der Waals surface area contributed by atoms with Crippen LogP contribution in [0.3, 0.4) is 0 Å². The van der Waals surface area contributed by atoms with Gasteiger partial charge >= 0.3 is 0 Å². The summed E-state index contributed by atoms with van der Waals surface area (Å²) in [5.41, 5.74) is 6.36. The van der Waals surface area contributed by atoms with Crippen LogP contribution in [0.25, 0.3) is 0 Å². The molecule has 1 fully saturated rings. The number of likely N-dealkylation sites (tertiary alicyclic amines) is 1. The molecule has 0 bridgehead atoms. The second-order valence-corrected chi connectivity index (χ2v) is 7.07. The number of nitrogens with zero attached hydrogens (tertiary/aromatic N) is 1. The molecule has 19 heavy (non-hydrogen) atoms. The van der Waals surface area contributed by atoms with E-state index in [4.69, 9.17) is 5.73 Å². The smallest absolute Gasteiger partial charge is 0.239 e. The Morgan fingerprint density at radius 3 is 2.58 bits per heavy atom. The number of carbonyl (C=O) groups excluding carboxylic acids is 1. The Morgan fingerprint density at radius 1 is 1.32 bits per heavy atom. The van der Waals surface area contributed by atoms with Gasteiger partial charge in [-0.2, -0.15) is 0 Å². The van der Waals surface area contributed by atoms with E-state index in [0.29, 0.717) is 5.41 Å². The minimum absolute atomic E-state index is 0.169. The monoisotopic (exact) mass is 268 g/mol. The summed E-state index contributed by atoms with van der Waals surface area (Å²) in [6, 6.07) is -0.286. The number of nitrogens with two attached hydrogens (primary N) is 1. The highest BCUT2D eigenvalue weighted by atomic mass is 16.2. The molecule has 0 aromatic heterocycles. The molecule has 3 nitrogen and oxygen atoms in total. The molecule has 1 saturated heterocycles. The molecule has 0 radical (unpaired) electrons. The van der Waals surface area contributed by atoms with Gasteiger partial charge < -0.3 is 10.6 Å². The summed E-state index contributed by atoms with van der Waals surface area (Å²) in [6.07, 6.45) is 6.45. The van der Waals surface area contributed by atoms with Crippen LogP contribution in [0.1, 0.15) is 66.2 Å². The van der Waals surface area contributed by atoms with Crippen LogP contribution >= 0.6 is 0 Å². The van der Waals surface area contributed by atoms with E-state index in [1.807, 2.05) is 4.90 Å². The molecule has 0 saturated carbocycles. The Balaban J connectivity index is 2.50. The average Bonchev–Trinajstić information content (AvgIpc) is 2.60. The van der Waals surface area contributed by atoms with E-state index < -0.39 is 0 Å². The lowest BCUT2D eigenvalue weighted by Gasteiger charge is -2.30. The van der Waals surface area contributed by atoms with Gasteiger partial charge in [0.25, 0.3) is 0 Å². The summed E-state index contributed by atoms with van der Waals surface area (Å²) in [5, 5.41) is 0. The molecule has 0 spiro atoms. The van der Waals surface area contributed by atoms with Gasteiger partial charge in [-0.3, -0.25) is 4.79 Å². The van der Waals surface area contributed by atoms with E-state index in [1.54, 1.807) is 0 Å². The van der Waals surface area contributed by atoms with Crippen molar-refractivity contribution in [1.82, 2.24) is 4.90 Å². The van der Waals surface area contributed by atoms with Gasteiger partial charge in [0.1, 0.15) is 0 Å². The predicted molar refractivity (Wildman–Crippen MR) is 80.9 cm³/mol. The zero-order valence-corrected chi connectivity index (χ0v) is 13.2. The lowest BCUT2D eigenvalue weighted by atomic mass is 9.77. The Hall–Kier alpha value is -0.570. The molecule has 2 atom stereocenters. The van der Waals surface area contributed by atoms with Gasteiger partial charge in [0.15, 0.2) is 0 Å². The number of hydrogen-bond acceptors (Lipinski definition) is 2. The molecule has 3 heteroatoms. The fourth-order valence-corrected chi connectivity index (χ4v) is 2.96. The lowest BCUT2D eigenvalue weighted by Crippen LogP contribution is -2.44. The zero-order chi connectivity index (χ0) is 14.5. The van der Waals surface area contributed by atoms with E-state index in [2.05, 4.69) is 27.7 Å². The average molecular weight is 268 g/mol. The second-order valence-electron chi connectivity index (χ2n) is 7.07. The third-order valence-electron chi connectivity index (χ3n) is 4.45. The van der Waals surface area contributed by atoms with E-state index in [0.717, 1.165) is 51.1 Å². The van der Waals surface area contributed by atoms with Crippen LogP contribution in [-0.4, -0.2) is 29.9 Å². The maximum absolute atomic E-state index is 12.3. The maximum atomic E-state index is 12.3. The summed E-state index contributed by atoms with van der Waals surface area (Å²) >= 11 is 0. The van der Waals surface area contributed by atoms with E-state index >= 15 is 0 Å². The first-order valence-corrected chi connectivity index (χ1v) is 7.90. The van der Waals surface area contributed by atoms with Crippen LogP contribution in [-0.2, 0) is 4.79 Å². The zero-order valence-electron chi connectivity index (χ0n) is 13.2. The molecule has 112 valence electrons. The lowest BCUT2D eigenvalue weighted by molar-refractivity contribution is -0.132. The van der Waals surface area contributed by atoms with Gasteiger partial charge in [0, 0.05) is 13.1 Å². The molecule has 1 heterocycles. The highest BCUT2D eigenvalue weighted by Crippen LogP contribution is 2.34. The number of unbranched alkanes of at least 4 members (excludes halogenated alkanes) is 1. The summed E-state index contributed by atoms with van der Waals surface area (Å²) in [4.78, 5) is 14.3. The van der Waals surface area contributed by atoms with E-state index in [9.17, 15) is 4.79 Å². The molecule has 0 aromatic rings. The fraction of sp³-hybridized carbons (Fsp3) is 0.938. The number of amides is 1. The largest absolute Gasteiger partial charge is 0.341 e. The topological polar surface area (TPSA) is 46.3 Å². The molecular weight excluding hydrogens is 236 g/mol. The van der Waals surface area contributed by atoms with Crippen LogP contribution < -0.4 is 5.73 Å². The van der Waals surface area contributed by atoms with Crippen LogP contribution in [0.5, 0.6) is 0 Å². The summed E-state index contributed by atoms with van der Waals surface area (Å²) < 4.78 is 0. The molecule has 1 amide bonds. The van der Waals surface area contributed by atoms with Crippen molar-refractivity contribution < 1.29 is 4.79 Å². The molecule has 0 aliphatic carbocycles. The first-order valence-electron chi connectivity index (χ1n) is 7.90. The van der Waals surface area contributed by atoms with Crippen LogP contribution in [0.15, 0.2) is 0 Å². The van der Waals surface area contributed by atoms with Crippen LogP contribution in [0.2, 0.25) is 0 Å². The Labute approximate surface area is 118 Å². The summed E-state index contributed by atoms with van der Waals surface area (Å²) in [6.45, 7) is 10.8. The quantitative estimate of drug-likeness (QED) is 0.851. The van der Waals surface area contributed by atoms with E-state index in [-0.39, 0.29) is 11.9 Å². The highest BCUT2D eigenvalue weighted by molar-refractivity contribution is 5.81.